The van der Waals surface area contributed by atoms with Crippen molar-refractivity contribution >= 4 is 0 Å². The fourth-order valence-corrected chi connectivity index (χ4v) is 3.36. The topological polar surface area (TPSA) is 15.3 Å². The molecule has 4 atom stereocenters. The van der Waals surface area contributed by atoms with Crippen LogP contribution in [0.15, 0.2) is 0 Å². The summed E-state index contributed by atoms with van der Waals surface area (Å²) in [6.07, 6.45) is 5.55. The number of nitrogens with zero attached hydrogens (tertiary/aromatic N) is 1. The van der Waals surface area contributed by atoms with E-state index in [2.05, 4.69) is 37.9 Å². The molecule has 0 aromatic carbocycles. The van der Waals surface area contributed by atoms with Crippen LogP contribution in [0.5, 0.6) is 0 Å². The average molecular weight is 252 g/mol. The van der Waals surface area contributed by atoms with Gasteiger partial charge >= 0.3 is 0 Å². The molecule has 4 unspecified atom stereocenters. The van der Waals surface area contributed by atoms with Gasteiger partial charge < -0.3 is 5.32 Å². The Morgan fingerprint density at radius 2 is 1.89 bits per heavy atom. The first kappa shape index (κ1) is 14.3. The van der Waals surface area contributed by atoms with Crippen molar-refractivity contribution in [3.8, 4) is 0 Å². The van der Waals surface area contributed by atoms with Crippen LogP contribution >= 0.6 is 0 Å². The molecule has 2 aliphatic rings. The highest BCUT2D eigenvalue weighted by Crippen LogP contribution is 2.37. The van der Waals surface area contributed by atoms with E-state index in [-0.39, 0.29) is 0 Å². The van der Waals surface area contributed by atoms with Crippen LogP contribution in [0.2, 0.25) is 0 Å². The molecule has 0 radical (unpaired) electrons. The molecule has 1 heterocycles. The Morgan fingerprint density at radius 3 is 2.44 bits per heavy atom. The van der Waals surface area contributed by atoms with Crippen molar-refractivity contribution in [3.63, 3.8) is 0 Å². The number of piperazine rings is 1. The van der Waals surface area contributed by atoms with Crippen LogP contribution in [0.25, 0.3) is 0 Å². The van der Waals surface area contributed by atoms with Gasteiger partial charge in [-0.1, -0.05) is 34.1 Å². The second-order valence-corrected chi connectivity index (χ2v) is 6.73. The number of hydrogen-bond donors (Lipinski definition) is 1. The molecule has 106 valence electrons. The van der Waals surface area contributed by atoms with Gasteiger partial charge in [-0.25, -0.2) is 0 Å². The van der Waals surface area contributed by atoms with Crippen LogP contribution < -0.4 is 5.32 Å². The monoisotopic (exact) mass is 252 g/mol. The van der Waals surface area contributed by atoms with Crippen LogP contribution in [0.3, 0.4) is 0 Å². The van der Waals surface area contributed by atoms with Crippen LogP contribution in [0, 0.1) is 17.8 Å². The molecule has 1 aliphatic carbocycles. The standard InChI is InChI=1S/C16H32N2/c1-5-12(3)16-11-18(15(6-2)9-17-16)10-13(4)14-7-8-14/h12-17H,5-11H2,1-4H3. The summed E-state index contributed by atoms with van der Waals surface area (Å²) in [6.45, 7) is 13.3. The normalized spacial score (nSPS) is 33.3. The van der Waals surface area contributed by atoms with Gasteiger partial charge in [-0.2, -0.15) is 0 Å². The molecule has 1 N–H and O–H groups in total. The summed E-state index contributed by atoms with van der Waals surface area (Å²) >= 11 is 0. The summed E-state index contributed by atoms with van der Waals surface area (Å²) in [7, 11) is 0. The van der Waals surface area contributed by atoms with Gasteiger partial charge in [0.1, 0.15) is 0 Å². The Hall–Kier alpha value is -0.0800. The molecule has 1 aliphatic heterocycles. The third kappa shape index (κ3) is 3.48. The largest absolute Gasteiger partial charge is 0.311 e. The maximum atomic E-state index is 3.78. The Bertz CT molecular complexity index is 249. The van der Waals surface area contributed by atoms with E-state index in [1.165, 1.54) is 45.3 Å². The van der Waals surface area contributed by atoms with Crippen molar-refractivity contribution in [2.75, 3.05) is 19.6 Å². The maximum absolute atomic E-state index is 3.78. The van der Waals surface area contributed by atoms with E-state index >= 15 is 0 Å². The van der Waals surface area contributed by atoms with E-state index in [0.29, 0.717) is 6.04 Å². The average Bonchev–Trinajstić information content (AvgIpc) is 3.22. The number of nitrogens with one attached hydrogen (secondary N) is 1. The molecular weight excluding hydrogens is 220 g/mol. The zero-order chi connectivity index (χ0) is 13.1. The lowest BCUT2D eigenvalue weighted by molar-refractivity contribution is 0.0885. The smallest absolute Gasteiger partial charge is 0.0221 e. The zero-order valence-corrected chi connectivity index (χ0v) is 12.8. The molecule has 0 bridgehead atoms. The third-order valence-electron chi connectivity index (χ3n) is 5.31. The van der Waals surface area contributed by atoms with Crippen LogP contribution in [0.4, 0.5) is 0 Å². The lowest BCUT2D eigenvalue weighted by atomic mass is 9.93. The van der Waals surface area contributed by atoms with Gasteiger partial charge in [0.15, 0.2) is 0 Å². The Labute approximate surface area is 114 Å². The Balaban J connectivity index is 1.89. The first-order valence-corrected chi connectivity index (χ1v) is 8.13. The fourth-order valence-electron chi connectivity index (χ4n) is 3.36. The summed E-state index contributed by atoms with van der Waals surface area (Å²) in [5.74, 6) is 2.76. The van der Waals surface area contributed by atoms with Crippen LogP contribution in [-0.2, 0) is 0 Å². The maximum Gasteiger partial charge on any atom is 0.0221 e. The molecule has 0 aromatic rings. The minimum Gasteiger partial charge on any atom is -0.311 e. The molecule has 0 amide bonds. The third-order valence-corrected chi connectivity index (χ3v) is 5.31. The van der Waals surface area contributed by atoms with Gasteiger partial charge in [-0.05, 0) is 37.0 Å². The van der Waals surface area contributed by atoms with Gasteiger partial charge in [0.2, 0.25) is 0 Å². The Morgan fingerprint density at radius 1 is 1.17 bits per heavy atom. The van der Waals surface area contributed by atoms with E-state index in [4.69, 9.17) is 0 Å². The van der Waals surface area contributed by atoms with Crippen LogP contribution in [-0.4, -0.2) is 36.6 Å². The SMILES string of the molecule is CCC(C)C1CN(CC(C)C2CC2)C(CC)CN1. The fraction of sp³-hybridized carbons (Fsp3) is 1.00. The van der Waals surface area contributed by atoms with Crippen molar-refractivity contribution in [1.82, 2.24) is 10.2 Å². The lowest BCUT2D eigenvalue weighted by Gasteiger charge is -2.43. The molecule has 2 nitrogen and oxygen atoms in total. The summed E-state index contributed by atoms with van der Waals surface area (Å²) in [6, 6.07) is 1.48. The highest BCUT2D eigenvalue weighted by atomic mass is 15.2. The van der Waals surface area contributed by atoms with E-state index < -0.39 is 0 Å². The predicted octanol–water partition coefficient (Wildman–Crippen LogP) is 3.13. The minimum atomic E-state index is 0.712. The molecular formula is C16H32N2. The quantitative estimate of drug-likeness (QED) is 0.781. The summed E-state index contributed by atoms with van der Waals surface area (Å²) < 4.78 is 0. The number of hydrogen-bond acceptors (Lipinski definition) is 2. The molecule has 18 heavy (non-hydrogen) atoms. The first-order chi connectivity index (χ1) is 8.65. The predicted molar refractivity (Wildman–Crippen MR) is 78.8 cm³/mol. The lowest BCUT2D eigenvalue weighted by Crippen LogP contribution is -2.58. The molecule has 1 saturated carbocycles. The second-order valence-electron chi connectivity index (χ2n) is 6.73. The molecule has 2 rings (SSSR count). The van der Waals surface area contributed by atoms with Gasteiger partial charge in [0.25, 0.3) is 0 Å². The summed E-state index contributed by atoms with van der Waals surface area (Å²) in [5, 5.41) is 3.78. The van der Waals surface area contributed by atoms with E-state index in [9.17, 15) is 0 Å². The van der Waals surface area contributed by atoms with E-state index in [1.807, 2.05) is 0 Å². The second kappa shape index (κ2) is 6.38. The Kier molecular flexibility index (Phi) is 5.08. The highest BCUT2D eigenvalue weighted by molar-refractivity contribution is 4.90. The zero-order valence-electron chi connectivity index (χ0n) is 12.8. The molecule has 2 fully saturated rings. The molecule has 2 heteroatoms. The molecule has 0 spiro atoms. The number of rotatable bonds is 6. The van der Waals surface area contributed by atoms with Crippen molar-refractivity contribution in [2.45, 2.75) is 65.5 Å². The summed E-state index contributed by atoms with van der Waals surface area (Å²) in [4.78, 5) is 2.79. The minimum absolute atomic E-state index is 0.712. The van der Waals surface area contributed by atoms with Gasteiger partial charge in [-0.3, -0.25) is 4.90 Å². The van der Waals surface area contributed by atoms with Gasteiger partial charge in [0, 0.05) is 31.7 Å². The van der Waals surface area contributed by atoms with Crippen LogP contribution in [0.1, 0.15) is 53.4 Å². The molecule has 0 aromatic heterocycles. The summed E-state index contributed by atoms with van der Waals surface area (Å²) in [5.41, 5.74) is 0. The van der Waals surface area contributed by atoms with Crippen molar-refractivity contribution in [2.24, 2.45) is 17.8 Å². The highest BCUT2D eigenvalue weighted by Gasteiger charge is 2.34. The van der Waals surface area contributed by atoms with Crippen molar-refractivity contribution in [1.29, 1.82) is 0 Å². The molecule has 1 saturated heterocycles. The van der Waals surface area contributed by atoms with Gasteiger partial charge in [-0.15, -0.1) is 0 Å². The first-order valence-electron chi connectivity index (χ1n) is 8.13. The van der Waals surface area contributed by atoms with E-state index in [1.54, 1.807) is 0 Å². The van der Waals surface area contributed by atoms with Gasteiger partial charge in [0.05, 0.1) is 0 Å². The van der Waals surface area contributed by atoms with Crippen molar-refractivity contribution < 1.29 is 0 Å². The van der Waals surface area contributed by atoms with Crippen molar-refractivity contribution in [3.05, 3.63) is 0 Å². The van der Waals surface area contributed by atoms with E-state index in [0.717, 1.165) is 23.8 Å².